The van der Waals surface area contributed by atoms with Crippen molar-refractivity contribution < 1.29 is 18.1 Å². The molecule has 0 spiro atoms. The summed E-state index contributed by atoms with van der Waals surface area (Å²) >= 11 is 0. The zero-order valence-corrected chi connectivity index (χ0v) is 15.9. The minimum atomic E-state index is -3.85. The molecule has 8 nitrogen and oxygen atoms in total. The molecule has 3 rings (SSSR count). The summed E-state index contributed by atoms with van der Waals surface area (Å²) in [5, 5.41) is 13.5. The summed E-state index contributed by atoms with van der Waals surface area (Å²) in [4.78, 5) is 22.9. The van der Waals surface area contributed by atoms with Gasteiger partial charge in [-0.3, -0.25) is 14.9 Å². The Morgan fingerprint density at radius 2 is 1.62 bits per heavy atom. The van der Waals surface area contributed by atoms with Gasteiger partial charge in [0.15, 0.2) is 0 Å². The average molecular weight is 411 g/mol. The van der Waals surface area contributed by atoms with Crippen molar-refractivity contribution in [2.45, 2.75) is 11.4 Å². The predicted octanol–water partition coefficient (Wildman–Crippen LogP) is 3.33. The van der Waals surface area contributed by atoms with E-state index in [1.807, 2.05) is 6.07 Å². The second kappa shape index (κ2) is 8.63. The number of nitrogens with one attached hydrogen (secondary N) is 2. The van der Waals surface area contributed by atoms with Crippen LogP contribution in [-0.4, -0.2) is 19.2 Å². The van der Waals surface area contributed by atoms with E-state index in [1.54, 1.807) is 30.3 Å². The molecule has 0 aliphatic carbocycles. The normalized spacial score (nSPS) is 11.0. The summed E-state index contributed by atoms with van der Waals surface area (Å²) in [7, 11) is -3.85. The minimum Gasteiger partial charge on any atom is -0.316 e. The summed E-state index contributed by atoms with van der Waals surface area (Å²) in [5.41, 5.74) is 0.624. The van der Waals surface area contributed by atoms with Crippen LogP contribution in [0.25, 0.3) is 0 Å². The van der Waals surface area contributed by atoms with Crippen molar-refractivity contribution >= 4 is 27.3 Å². The molecule has 0 unspecified atom stereocenters. The summed E-state index contributed by atoms with van der Waals surface area (Å²) < 4.78 is 27.6. The maximum Gasteiger partial charge on any atom is 0.292 e. The highest BCUT2D eigenvalue weighted by molar-refractivity contribution is 7.89. The largest absolute Gasteiger partial charge is 0.316 e. The Kier molecular flexibility index (Phi) is 6.01. The number of amides is 1. The fourth-order valence-electron chi connectivity index (χ4n) is 2.60. The lowest BCUT2D eigenvalue weighted by molar-refractivity contribution is -0.383. The van der Waals surface area contributed by atoms with E-state index in [1.165, 1.54) is 42.5 Å². The number of nitro groups is 1. The van der Waals surface area contributed by atoms with E-state index in [4.69, 9.17) is 0 Å². The van der Waals surface area contributed by atoms with E-state index in [0.717, 1.165) is 5.56 Å². The van der Waals surface area contributed by atoms with Crippen LogP contribution in [0.1, 0.15) is 15.9 Å². The van der Waals surface area contributed by atoms with Gasteiger partial charge in [0.05, 0.1) is 9.82 Å². The first kappa shape index (κ1) is 20.2. The maximum absolute atomic E-state index is 12.5. The Morgan fingerprint density at radius 1 is 0.931 bits per heavy atom. The fourth-order valence-corrected chi connectivity index (χ4v) is 3.66. The third-order valence-corrected chi connectivity index (χ3v) is 5.46. The van der Waals surface area contributed by atoms with Crippen LogP contribution in [-0.2, 0) is 16.6 Å². The van der Waals surface area contributed by atoms with Gasteiger partial charge in [0.1, 0.15) is 5.69 Å². The van der Waals surface area contributed by atoms with Crippen molar-refractivity contribution in [3.63, 3.8) is 0 Å². The van der Waals surface area contributed by atoms with Gasteiger partial charge in [-0.15, -0.1) is 0 Å². The highest BCUT2D eigenvalue weighted by atomic mass is 32.2. The number of hydrogen-bond donors (Lipinski definition) is 2. The fraction of sp³-hybridized carbons (Fsp3) is 0.0500. The van der Waals surface area contributed by atoms with Crippen LogP contribution in [0.2, 0.25) is 0 Å². The number of anilines is 1. The summed E-state index contributed by atoms with van der Waals surface area (Å²) in [6.07, 6.45) is 0. The van der Waals surface area contributed by atoms with Crippen molar-refractivity contribution in [2.75, 3.05) is 5.32 Å². The number of nitrogens with zero attached hydrogens (tertiary/aromatic N) is 1. The Hall–Kier alpha value is -3.56. The van der Waals surface area contributed by atoms with Gasteiger partial charge in [-0.2, -0.15) is 0 Å². The molecule has 0 aromatic heterocycles. The minimum absolute atomic E-state index is 0.0259. The number of nitro benzene ring substituents is 1. The highest BCUT2D eigenvalue weighted by Gasteiger charge is 2.19. The molecule has 0 radical (unpaired) electrons. The molecular weight excluding hydrogens is 394 g/mol. The molecule has 0 saturated heterocycles. The van der Waals surface area contributed by atoms with Gasteiger partial charge < -0.3 is 5.32 Å². The molecule has 0 atom stereocenters. The Balaban J connectivity index is 1.78. The molecule has 9 heteroatoms. The van der Waals surface area contributed by atoms with E-state index >= 15 is 0 Å². The first-order valence-electron chi connectivity index (χ1n) is 8.55. The van der Waals surface area contributed by atoms with Crippen molar-refractivity contribution in [2.24, 2.45) is 0 Å². The quantitative estimate of drug-likeness (QED) is 0.457. The second-order valence-electron chi connectivity index (χ2n) is 6.07. The van der Waals surface area contributed by atoms with E-state index in [-0.39, 0.29) is 28.4 Å². The highest BCUT2D eigenvalue weighted by Crippen LogP contribution is 2.24. The smallest absolute Gasteiger partial charge is 0.292 e. The molecule has 2 N–H and O–H groups in total. The lowest BCUT2D eigenvalue weighted by Gasteiger charge is -2.09. The maximum atomic E-state index is 12.5. The molecule has 0 fully saturated rings. The number of para-hydroxylation sites is 2. The number of carbonyl (C=O) groups is 1. The molecule has 0 aliphatic rings. The molecule has 0 saturated carbocycles. The van der Waals surface area contributed by atoms with Gasteiger partial charge in [-0.1, -0.05) is 48.5 Å². The second-order valence-corrected chi connectivity index (χ2v) is 7.83. The van der Waals surface area contributed by atoms with Crippen LogP contribution in [0, 0.1) is 10.1 Å². The first-order chi connectivity index (χ1) is 13.9. The molecule has 148 valence electrons. The van der Waals surface area contributed by atoms with Gasteiger partial charge >= 0.3 is 0 Å². The van der Waals surface area contributed by atoms with Crippen molar-refractivity contribution in [1.29, 1.82) is 0 Å². The van der Waals surface area contributed by atoms with E-state index in [2.05, 4.69) is 10.0 Å². The van der Waals surface area contributed by atoms with Gasteiger partial charge in [0, 0.05) is 18.2 Å². The van der Waals surface area contributed by atoms with Crippen LogP contribution in [0.15, 0.2) is 83.8 Å². The van der Waals surface area contributed by atoms with Gasteiger partial charge in [-0.25, -0.2) is 13.1 Å². The molecule has 0 bridgehead atoms. The standard InChI is InChI=1S/C20H17N3O5S/c24-20(22-18-11-4-5-12-19(18)23(25)26)16-9-6-10-17(13-16)29(27,28)21-14-15-7-2-1-3-8-15/h1-13,21H,14H2,(H,22,24). The Labute approximate surface area is 167 Å². The van der Waals surface area contributed by atoms with Crippen LogP contribution in [0.4, 0.5) is 11.4 Å². The van der Waals surface area contributed by atoms with Crippen LogP contribution in [0.5, 0.6) is 0 Å². The zero-order valence-electron chi connectivity index (χ0n) is 15.1. The van der Waals surface area contributed by atoms with E-state index in [0.29, 0.717) is 0 Å². The molecule has 3 aromatic carbocycles. The number of hydrogen-bond acceptors (Lipinski definition) is 5. The number of sulfonamides is 1. The summed E-state index contributed by atoms with van der Waals surface area (Å²) in [6, 6.07) is 20.2. The monoisotopic (exact) mass is 411 g/mol. The SMILES string of the molecule is O=C(Nc1ccccc1[N+](=O)[O-])c1cccc(S(=O)(=O)NCc2ccccc2)c1. The van der Waals surface area contributed by atoms with Crippen LogP contribution < -0.4 is 10.0 Å². The Morgan fingerprint density at radius 3 is 2.34 bits per heavy atom. The molecule has 0 heterocycles. The van der Waals surface area contributed by atoms with Gasteiger partial charge in [-0.05, 0) is 29.8 Å². The molecule has 29 heavy (non-hydrogen) atoms. The zero-order chi connectivity index (χ0) is 20.9. The first-order valence-corrected chi connectivity index (χ1v) is 10.0. The van der Waals surface area contributed by atoms with E-state index < -0.39 is 20.9 Å². The van der Waals surface area contributed by atoms with E-state index in [9.17, 15) is 23.3 Å². The van der Waals surface area contributed by atoms with Gasteiger partial charge in [0.2, 0.25) is 10.0 Å². The molecule has 1 amide bonds. The third-order valence-electron chi connectivity index (χ3n) is 4.06. The summed E-state index contributed by atoms with van der Waals surface area (Å²) in [5.74, 6) is -0.653. The third kappa shape index (κ3) is 5.03. The number of benzene rings is 3. The molecule has 3 aromatic rings. The Bertz CT molecular complexity index is 1150. The predicted molar refractivity (Wildman–Crippen MR) is 108 cm³/mol. The van der Waals surface area contributed by atoms with Crippen molar-refractivity contribution in [3.05, 3.63) is 100 Å². The topological polar surface area (TPSA) is 118 Å². The molecular formula is C20H17N3O5S. The lowest BCUT2D eigenvalue weighted by atomic mass is 10.2. The summed E-state index contributed by atoms with van der Waals surface area (Å²) in [6.45, 7) is 0.107. The molecule has 0 aliphatic heterocycles. The average Bonchev–Trinajstić information content (AvgIpc) is 2.73. The number of carbonyl (C=O) groups excluding carboxylic acids is 1. The lowest BCUT2D eigenvalue weighted by Crippen LogP contribution is -2.23. The van der Waals surface area contributed by atoms with Crippen molar-refractivity contribution in [1.82, 2.24) is 4.72 Å². The van der Waals surface area contributed by atoms with Crippen molar-refractivity contribution in [3.8, 4) is 0 Å². The van der Waals surface area contributed by atoms with Crippen LogP contribution >= 0.6 is 0 Å². The van der Waals surface area contributed by atoms with Crippen LogP contribution in [0.3, 0.4) is 0 Å². The van der Waals surface area contributed by atoms with Gasteiger partial charge in [0.25, 0.3) is 11.6 Å². The number of rotatable bonds is 7.